The maximum absolute atomic E-state index is 12.2. The molecule has 7 nitrogen and oxygen atoms in total. The Hall–Kier alpha value is -3.00. The van der Waals surface area contributed by atoms with Gasteiger partial charge in [0.15, 0.2) is 5.82 Å². The van der Waals surface area contributed by atoms with Gasteiger partial charge in [-0.3, -0.25) is 9.89 Å². The van der Waals surface area contributed by atoms with E-state index in [9.17, 15) is 4.79 Å². The van der Waals surface area contributed by atoms with Gasteiger partial charge in [0, 0.05) is 0 Å². The number of nitrogens with one attached hydrogen (secondary N) is 2. The van der Waals surface area contributed by atoms with Gasteiger partial charge >= 0.3 is 0 Å². The van der Waals surface area contributed by atoms with E-state index in [-0.39, 0.29) is 11.7 Å². The highest BCUT2D eigenvalue weighted by molar-refractivity contribution is 7.99. The molecule has 0 saturated heterocycles. The van der Waals surface area contributed by atoms with Gasteiger partial charge in [0.05, 0.1) is 30.7 Å². The first-order chi connectivity index (χ1) is 13.2. The average Bonchev–Trinajstić information content (AvgIpc) is 3.16. The molecule has 0 atom stereocenters. The van der Waals surface area contributed by atoms with E-state index in [0.717, 1.165) is 11.3 Å². The molecule has 0 spiro atoms. The number of aromatic nitrogens is 3. The minimum absolute atomic E-state index is 0.162. The molecule has 140 valence electrons. The quantitative estimate of drug-likeness (QED) is 0.577. The fraction of sp³-hybridized carbons (Fsp3) is 0.211. The van der Waals surface area contributed by atoms with Crippen LogP contribution in [0.1, 0.15) is 6.92 Å². The third-order valence-electron chi connectivity index (χ3n) is 3.62. The van der Waals surface area contributed by atoms with Crippen molar-refractivity contribution in [1.82, 2.24) is 15.2 Å². The average molecular weight is 384 g/mol. The molecule has 3 rings (SSSR count). The van der Waals surface area contributed by atoms with Gasteiger partial charge in [0.25, 0.3) is 0 Å². The summed E-state index contributed by atoms with van der Waals surface area (Å²) < 4.78 is 10.8. The smallest absolute Gasteiger partial charge is 0.234 e. The van der Waals surface area contributed by atoms with Gasteiger partial charge in [-0.2, -0.15) is 0 Å². The molecule has 0 aliphatic carbocycles. The Balaban J connectivity index is 1.62. The Bertz CT molecular complexity index is 913. The fourth-order valence-electron chi connectivity index (χ4n) is 2.44. The van der Waals surface area contributed by atoms with E-state index in [0.29, 0.717) is 29.0 Å². The van der Waals surface area contributed by atoms with Crippen LogP contribution >= 0.6 is 11.8 Å². The predicted octanol–water partition coefficient (Wildman–Crippen LogP) is 3.61. The van der Waals surface area contributed by atoms with Gasteiger partial charge in [0.1, 0.15) is 11.5 Å². The van der Waals surface area contributed by atoms with Crippen LogP contribution < -0.4 is 14.8 Å². The second-order valence-electron chi connectivity index (χ2n) is 5.43. The molecule has 2 aromatic carbocycles. The topological polar surface area (TPSA) is 89.1 Å². The number of H-pyrrole nitrogens is 1. The molecule has 1 aromatic heterocycles. The third-order valence-corrected chi connectivity index (χ3v) is 4.47. The summed E-state index contributed by atoms with van der Waals surface area (Å²) in [5.74, 6) is 1.98. The first kappa shape index (κ1) is 18.8. The van der Waals surface area contributed by atoms with Crippen LogP contribution in [0.3, 0.4) is 0 Å². The van der Waals surface area contributed by atoms with Crippen molar-refractivity contribution in [1.29, 1.82) is 0 Å². The van der Waals surface area contributed by atoms with Crippen LogP contribution in [0, 0.1) is 0 Å². The molecule has 1 amide bonds. The number of thioether (sulfide) groups is 1. The van der Waals surface area contributed by atoms with Crippen LogP contribution in [0.5, 0.6) is 11.5 Å². The van der Waals surface area contributed by atoms with Crippen molar-refractivity contribution in [2.45, 2.75) is 12.1 Å². The number of amides is 1. The lowest BCUT2D eigenvalue weighted by Crippen LogP contribution is -2.14. The lowest BCUT2D eigenvalue weighted by Gasteiger charge is -2.09. The van der Waals surface area contributed by atoms with Gasteiger partial charge in [0.2, 0.25) is 11.1 Å². The molecular weight excluding hydrogens is 364 g/mol. The minimum atomic E-state index is -0.162. The number of anilines is 1. The van der Waals surface area contributed by atoms with E-state index in [1.165, 1.54) is 11.8 Å². The molecule has 0 fully saturated rings. The summed E-state index contributed by atoms with van der Waals surface area (Å²) in [6, 6.07) is 14.9. The summed E-state index contributed by atoms with van der Waals surface area (Å²) in [4.78, 5) is 16.6. The Morgan fingerprint density at radius 2 is 1.89 bits per heavy atom. The van der Waals surface area contributed by atoms with E-state index in [1.54, 1.807) is 19.2 Å². The number of ether oxygens (including phenoxy) is 2. The molecule has 3 aromatic rings. The monoisotopic (exact) mass is 384 g/mol. The second kappa shape index (κ2) is 9.09. The van der Waals surface area contributed by atoms with Gasteiger partial charge < -0.3 is 14.8 Å². The number of aromatic amines is 1. The zero-order valence-corrected chi connectivity index (χ0v) is 15.9. The number of nitrogens with zero attached hydrogens (tertiary/aromatic N) is 2. The lowest BCUT2D eigenvalue weighted by molar-refractivity contribution is -0.113. The Morgan fingerprint density at radius 1 is 1.15 bits per heavy atom. The number of carbonyl (C=O) groups excluding carboxylic acids is 1. The molecule has 0 radical (unpaired) electrons. The van der Waals surface area contributed by atoms with Crippen LogP contribution in [-0.2, 0) is 4.79 Å². The van der Waals surface area contributed by atoms with Crippen LogP contribution in [0.15, 0.2) is 53.7 Å². The Labute approximate surface area is 161 Å². The molecule has 0 aliphatic heterocycles. The summed E-state index contributed by atoms with van der Waals surface area (Å²) in [6.07, 6.45) is 0. The van der Waals surface area contributed by atoms with Crippen LogP contribution in [0.4, 0.5) is 5.69 Å². The molecule has 0 saturated carbocycles. The molecular formula is C19H20N4O3S. The van der Waals surface area contributed by atoms with E-state index >= 15 is 0 Å². The van der Waals surface area contributed by atoms with Crippen LogP contribution in [0.2, 0.25) is 0 Å². The number of hydrogen-bond donors (Lipinski definition) is 2. The molecule has 0 bridgehead atoms. The van der Waals surface area contributed by atoms with Crippen molar-refractivity contribution in [2.24, 2.45) is 0 Å². The molecule has 0 aliphatic rings. The SMILES string of the molecule is CCOc1ccccc1-c1nc(SCC(=O)Nc2ccccc2OC)n[nH]1. The van der Waals surface area contributed by atoms with Crippen molar-refractivity contribution in [3.63, 3.8) is 0 Å². The largest absolute Gasteiger partial charge is 0.495 e. The highest BCUT2D eigenvalue weighted by atomic mass is 32.2. The Morgan fingerprint density at radius 3 is 2.67 bits per heavy atom. The maximum atomic E-state index is 12.2. The van der Waals surface area contributed by atoms with E-state index in [2.05, 4.69) is 20.5 Å². The minimum Gasteiger partial charge on any atom is -0.495 e. The fourth-order valence-corrected chi connectivity index (χ4v) is 3.04. The maximum Gasteiger partial charge on any atom is 0.234 e. The summed E-state index contributed by atoms with van der Waals surface area (Å²) in [5.41, 5.74) is 1.46. The zero-order chi connectivity index (χ0) is 19.1. The lowest BCUT2D eigenvalue weighted by atomic mass is 10.2. The molecule has 1 heterocycles. The summed E-state index contributed by atoms with van der Waals surface area (Å²) >= 11 is 1.25. The van der Waals surface area contributed by atoms with Crippen molar-refractivity contribution in [3.8, 4) is 22.9 Å². The van der Waals surface area contributed by atoms with E-state index in [1.807, 2.05) is 43.3 Å². The van der Waals surface area contributed by atoms with Gasteiger partial charge in [-0.25, -0.2) is 4.98 Å². The normalized spacial score (nSPS) is 10.4. The number of carbonyl (C=O) groups is 1. The highest BCUT2D eigenvalue weighted by Gasteiger charge is 2.13. The highest BCUT2D eigenvalue weighted by Crippen LogP contribution is 2.28. The second-order valence-corrected chi connectivity index (χ2v) is 6.38. The molecule has 27 heavy (non-hydrogen) atoms. The summed E-state index contributed by atoms with van der Waals surface area (Å²) in [5, 5.41) is 10.4. The standard InChI is InChI=1S/C19H20N4O3S/c1-3-26-15-10-6-4-8-13(15)18-21-19(23-22-18)27-12-17(24)20-14-9-5-7-11-16(14)25-2/h4-11H,3,12H2,1-2H3,(H,20,24)(H,21,22,23). The number of rotatable bonds is 8. The van der Waals surface area contributed by atoms with Gasteiger partial charge in [-0.1, -0.05) is 36.0 Å². The van der Waals surface area contributed by atoms with Crippen molar-refractivity contribution in [2.75, 3.05) is 24.8 Å². The zero-order valence-electron chi connectivity index (χ0n) is 15.1. The number of methoxy groups -OCH3 is 1. The van der Waals surface area contributed by atoms with Gasteiger partial charge in [-0.15, -0.1) is 5.10 Å². The van der Waals surface area contributed by atoms with Crippen molar-refractivity contribution < 1.29 is 14.3 Å². The molecule has 8 heteroatoms. The molecule has 2 N–H and O–H groups in total. The summed E-state index contributed by atoms with van der Waals surface area (Å²) in [7, 11) is 1.56. The van der Waals surface area contributed by atoms with E-state index < -0.39 is 0 Å². The van der Waals surface area contributed by atoms with E-state index in [4.69, 9.17) is 9.47 Å². The third kappa shape index (κ3) is 4.79. The van der Waals surface area contributed by atoms with Crippen molar-refractivity contribution in [3.05, 3.63) is 48.5 Å². The van der Waals surface area contributed by atoms with Gasteiger partial charge in [-0.05, 0) is 31.2 Å². The first-order valence-electron chi connectivity index (χ1n) is 8.41. The first-order valence-corrected chi connectivity index (χ1v) is 9.40. The summed E-state index contributed by atoms with van der Waals surface area (Å²) in [6.45, 7) is 2.49. The van der Waals surface area contributed by atoms with Crippen LogP contribution in [-0.4, -0.2) is 40.6 Å². The molecule has 0 unspecified atom stereocenters. The van der Waals surface area contributed by atoms with Crippen LogP contribution in [0.25, 0.3) is 11.4 Å². The number of hydrogen-bond acceptors (Lipinski definition) is 6. The predicted molar refractivity (Wildman–Crippen MR) is 105 cm³/mol. The van der Waals surface area contributed by atoms with Crippen molar-refractivity contribution >= 4 is 23.4 Å². The Kier molecular flexibility index (Phi) is 6.32. The number of benzene rings is 2. The number of para-hydroxylation sites is 3.